The molecule has 0 radical (unpaired) electrons. The summed E-state index contributed by atoms with van der Waals surface area (Å²) in [5.74, 6) is 0.166. The molecule has 0 heterocycles. The molecule has 1 unspecified atom stereocenters. The van der Waals surface area contributed by atoms with Crippen LogP contribution in [0.2, 0.25) is 0 Å². The standard InChI is InChI=1S/C15H32N2O/c1-13(2,3)11(16-15(7,8)9)17(10)12(18)14(4,5)6/h11,16H,1-10H3. The molecular formula is C15H32N2O. The fraction of sp³-hybridized carbons (Fsp3) is 0.933. The van der Waals surface area contributed by atoms with Gasteiger partial charge in [0.15, 0.2) is 0 Å². The van der Waals surface area contributed by atoms with Crippen LogP contribution in [-0.2, 0) is 4.79 Å². The van der Waals surface area contributed by atoms with Crippen LogP contribution in [0.25, 0.3) is 0 Å². The lowest BCUT2D eigenvalue weighted by atomic mass is 9.87. The van der Waals surface area contributed by atoms with Crippen molar-refractivity contribution in [2.45, 2.75) is 74.0 Å². The number of nitrogens with zero attached hydrogens (tertiary/aromatic N) is 1. The lowest BCUT2D eigenvalue weighted by Crippen LogP contribution is -2.60. The van der Waals surface area contributed by atoms with Crippen LogP contribution in [0.5, 0.6) is 0 Å². The second-order valence-corrected chi connectivity index (χ2v) is 8.33. The van der Waals surface area contributed by atoms with Crippen LogP contribution in [0.15, 0.2) is 0 Å². The van der Waals surface area contributed by atoms with E-state index in [1.165, 1.54) is 0 Å². The molecule has 0 aromatic rings. The van der Waals surface area contributed by atoms with E-state index in [1.807, 2.05) is 32.7 Å². The zero-order chi connectivity index (χ0) is 14.9. The third kappa shape index (κ3) is 5.38. The van der Waals surface area contributed by atoms with Gasteiger partial charge in [0.2, 0.25) is 5.91 Å². The van der Waals surface area contributed by atoms with Crippen LogP contribution < -0.4 is 5.32 Å². The van der Waals surface area contributed by atoms with Gasteiger partial charge >= 0.3 is 0 Å². The molecule has 1 N–H and O–H groups in total. The quantitative estimate of drug-likeness (QED) is 0.769. The first-order chi connectivity index (χ1) is 7.66. The van der Waals surface area contributed by atoms with Gasteiger partial charge in [-0.25, -0.2) is 0 Å². The molecule has 0 rings (SSSR count). The van der Waals surface area contributed by atoms with E-state index in [0.717, 1.165) is 0 Å². The number of nitrogens with one attached hydrogen (secondary N) is 1. The monoisotopic (exact) mass is 256 g/mol. The molecule has 0 aromatic heterocycles. The first-order valence-corrected chi connectivity index (χ1v) is 6.71. The minimum atomic E-state index is -0.349. The number of carbonyl (C=O) groups is 1. The summed E-state index contributed by atoms with van der Waals surface area (Å²) in [5.41, 5.74) is -0.384. The molecule has 0 saturated carbocycles. The van der Waals surface area contributed by atoms with Crippen molar-refractivity contribution in [3.05, 3.63) is 0 Å². The topological polar surface area (TPSA) is 32.3 Å². The van der Waals surface area contributed by atoms with Gasteiger partial charge in [-0.1, -0.05) is 41.5 Å². The Morgan fingerprint density at radius 3 is 1.56 bits per heavy atom. The van der Waals surface area contributed by atoms with Crippen molar-refractivity contribution in [3.8, 4) is 0 Å². The second-order valence-electron chi connectivity index (χ2n) is 8.33. The fourth-order valence-corrected chi connectivity index (χ4v) is 1.95. The van der Waals surface area contributed by atoms with Crippen LogP contribution in [0.3, 0.4) is 0 Å². The molecule has 0 bridgehead atoms. The number of rotatable bonds is 2. The van der Waals surface area contributed by atoms with Crippen LogP contribution in [0.4, 0.5) is 0 Å². The molecule has 1 amide bonds. The molecule has 3 nitrogen and oxygen atoms in total. The molecule has 0 fully saturated rings. The predicted molar refractivity (Wildman–Crippen MR) is 78.4 cm³/mol. The van der Waals surface area contributed by atoms with Gasteiger partial charge in [0.1, 0.15) is 0 Å². The highest BCUT2D eigenvalue weighted by Crippen LogP contribution is 2.27. The summed E-state index contributed by atoms with van der Waals surface area (Å²) in [6.45, 7) is 18.7. The van der Waals surface area contributed by atoms with Crippen LogP contribution in [0, 0.1) is 10.8 Å². The smallest absolute Gasteiger partial charge is 0.228 e. The van der Waals surface area contributed by atoms with Crippen molar-refractivity contribution in [2.24, 2.45) is 10.8 Å². The highest BCUT2D eigenvalue weighted by Gasteiger charge is 2.37. The molecule has 18 heavy (non-hydrogen) atoms. The molecule has 0 aliphatic carbocycles. The Hall–Kier alpha value is -0.570. The molecule has 0 saturated heterocycles. The van der Waals surface area contributed by atoms with Gasteiger partial charge < -0.3 is 4.90 Å². The summed E-state index contributed by atoms with van der Waals surface area (Å²) in [6.07, 6.45) is 0.0178. The van der Waals surface area contributed by atoms with Gasteiger partial charge in [0, 0.05) is 18.0 Å². The average Bonchev–Trinajstić information content (AvgIpc) is 2.07. The lowest BCUT2D eigenvalue weighted by Gasteiger charge is -2.44. The van der Waals surface area contributed by atoms with Gasteiger partial charge in [-0.15, -0.1) is 0 Å². The largest absolute Gasteiger partial charge is 0.329 e. The van der Waals surface area contributed by atoms with Gasteiger partial charge in [-0.05, 0) is 26.2 Å². The van der Waals surface area contributed by atoms with Crippen LogP contribution >= 0.6 is 0 Å². The summed E-state index contributed by atoms with van der Waals surface area (Å²) in [4.78, 5) is 14.3. The van der Waals surface area contributed by atoms with Crippen molar-refractivity contribution in [1.82, 2.24) is 10.2 Å². The minimum Gasteiger partial charge on any atom is -0.329 e. The molecule has 0 aromatic carbocycles. The first-order valence-electron chi connectivity index (χ1n) is 6.71. The maximum Gasteiger partial charge on any atom is 0.228 e. The Bertz CT molecular complexity index is 289. The summed E-state index contributed by atoms with van der Waals surface area (Å²) in [7, 11) is 1.89. The molecular weight excluding hydrogens is 224 g/mol. The highest BCUT2D eigenvalue weighted by atomic mass is 16.2. The van der Waals surface area contributed by atoms with Crippen molar-refractivity contribution in [1.29, 1.82) is 0 Å². The molecule has 0 spiro atoms. The van der Waals surface area contributed by atoms with Gasteiger partial charge in [0.25, 0.3) is 0 Å². The average molecular weight is 256 g/mol. The normalized spacial score (nSPS) is 15.4. The summed E-state index contributed by atoms with van der Waals surface area (Å²) in [6, 6.07) is 0. The highest BCUT2D eigenvalue weighted by molar-refractivity contribution is 5.81. The summed E-state index contributed by atoms with van der Waals surface area (Å²) >= 11 is 0. The number of carbonyl (C=O) groups excluding carboxylic acids is 1. The third-order valence-electron chi connectivity index (χ3n) is 2.74. The number of amides is 1. The predicted octanol–water partition coefficient (Wildman–Crippen LogP) is 3.25. The number of hydrogen-bond donors (Lipinski definition) is 1. The van der Waals surface area contributed by atoms with E-state index in [4.69, 9.17) is 0 Å². The van der Waals surface area contributed by atoms with Crippen LogP contribution in [0.1, 0.15) is 62.3 Å². The zero-order valence-corrected chi connectivity index (χ0v) is 13.9. The van der Waals surface area contributed by atoms with Crippen LogP contribution in [-0.4, -0.2) is 29.6 Å². The maximum absolute atomic E-state index is 12.4. The number of hydrogen-bond acceptors (Lipinski definition) is 2. The molecule has 1 atom stereocenters. The third-order valence-corrected chi connectivity index (χ3v) is 2.74. The minimum absolute atomic E-state index is 0.0110. The van der Waals surface area contributed by atoms with Crippen molar-refractivity contribution in [3.63, 3.8) is 0 Å². The second kappa shape index (κ2) is 5.20. The molecule has 0 aliphatic rings. The van der Waals surface area contributed by atoms with E-state index in [2.05, 4.69) is 46.9 Å². The maximum atomic E-state index is 12.4. The van der Waals surface area contributed by atoms with E-state index in [0.29, 0.717) is 0 Å². The zero-order valence-electron chi connectivity index (χ0n) is 13.9. The van der Waals surface area contributed by atoms with Gasteiger partial charge in [-0.3, -0.25) is 10.1 Å². The summed E-state index contributed by atoms with van der Waals surface area (Å²) in [5, 5.41) is 3.55. The van der Waals surface area contributed by atoms with E-state index in [1.54, 1.807) is 0 Å². The Kier molecular flexibility index (Phi) is 5.03. The van der Waals surface area contributed by atoms with Gasteiger partial charge in [-0.2, -0.15) is 0 Å². The Morgan fingerprint density at radius 2 is 1.33 bits per heavy atom. The Labute approximate surface area is 113 Å². The molecule has 0 aliphatic heterocycles. The molecule has 108 valence electrons. The SMILES string of the molecule is CN(C(=O)C(C)(C)C)C(NC(C)(C)C)C(C)(C)C. The Balaban J connectivity index is 5.18. The Morgan fingerprint density at radius 1 is 0.944 bits per heavy atom. The van der Waals surface area contributed by atoms with E-state index < -0.39 is 0 Å². The van der Waals surface area contributed by atoms with Crippen molar-refractivity contribution < 1.29 is 4.79 Å². The first kappa shape index (κ1) is 17.4. The van der Waals surface area contributed by atoms with Gasteiger partial charge in [0.05, 0.1) is 6.17 Å². The van der Waals surface area contributed by atoms with E-state index >= 15 is 0 Å². The van der Waals surface area contributed by atoms with E-state index in [-0.39, 0.29) is 28.4 Å². The lowest BCUT2D eigenvalue weighted by molar-refractivity contribution is -0.144. The van der Waals surface area contributed by atoms with E-state index in [9.17, 15) is 4.79 Å². The van der Waals surface area contributed by atoms with Crippen molar-refractivity contribution in [2.75, 3.05) is 7.05 Å². The summed E-state index contributed by atoms with van der Waals surface area (Å²) < 4.78 is 0. The fourth-order valence-electron chi connectivity index (χ4n) is 1.95. The van der Waals surface area contributed by atoms with Crippen molar-refractivity contribution >= 4 is 5.91 Å². The molecule has 3 heteroatoms.